The molecule has 4 aromatic rings. The van der Waals surface area contributed by atoms with Crippen molar-refractivity contribution in [2.45, 2.75) is 20.4 Å². The summed E-state index contributed by atoms with van der Waals surface area (Å²) in [5.41, 5.74) is 2.14. The highest BCUT2D eigenvalue weighted by Crippen LogP contribution is 2.35. The summed E-state index contributed by atoms with van der Waals surface area (Å²) in [6.07, 6.45) is 1.43. The summed E-state index contributed by atoms with van der Waals surface area (Å²) in [6, 6.07) is 15.0. The second-order valence-corrected chi connectivity index (χ2v) is 8.99. The molecule has 0 saturated carbocycles. The summed E-state index contributed by atoms with van der Waals surface area (Å²) < 4.78 is 7.86. The van der Waals surface area contributed by atoms with Crippen molar-refractivity contribution >= 4 is 49.1 Å². The topological polar surface area (TPSA) is 73.2 Å². The minimum absolute atomic E-state index is 0.142. The number of carbonyl (C=O) groups excluding carboxylic acids is 1. The van der Waals surface area contributed by atoms with Crippen molar-refractivity contribution < 1.29 is 9.53 Å². The molecule has 0 radical (unpaired) electrons. The number of halogens is 1. The molecule has 0 bridgehead atoms. The highest BCUT2D eigenvalue weighted by Gasteiger charge is 2.18. The number of nitrogens with one attached hydrogen (secondary N) is 1. The number of hydrogen-bond donors (Lipinski definition) is 1. The molecule has 1 N–H and O–H groups in total. The van der Waals surface area contributed by atoms with Gasteiger partial charge in [0.2, 0.25) is 5.91 Å². The molecule has 6 nitrogen and oxygen atoms in total. The van der Waals surface area contributed by atoms with Crippen LogP contribution in [0.4, 0.5) is 5.69 Å². The maximum Gasteiger partial charge on any atom is 0.263 e. The number of rotatable bonds is 6. The maximum atomic E-state index is 13.3. The Morgan fingerprint density at radius 1 is 1.19 bits per heavy atom. The van der Waals surface area contributed by atoms with Gasteiger partial charge < -0.3 is 10.1 Å². The second kappa shape index (κ2) is 9.03. The molecule has 2 aromatic heterocycles. The number of hydrogen-bond acceptors (Lipinski definition) is 5. The average Bonchev–Trinajstić information content (AvgIpc) is 3.09. The zero-order valence-corrected chi connectivity index (χ0v) is 19.4. The van der Waals surface area contributed by atoms with Crippen LogP contribution in [0.1, 0.15) is 11.8 Å². The Kier molecular flexibility index (Phi) is 6.20. The molecule has 4 rings (SSSR count). The Labute approximate surface area is 191 Å². The van der Waals surface area contributed by atoms with E-state index in [1.807, 2.05) is 50.2 Å². The summed E-state index contributed by atoms with van der Waals surface area (Å²) in [7, 11) is 0. The Morgan fingerprint density at radius 2 is 1.94 bits per heavy atom. The molecule has 31 heavy (non-hydrogen) atoms. The molecular formula is C23H20BrN3O3S. The zero-order valence-electron chi connectivity index (χ0n) is 17.0. The predicted octanol–water partition coefficient (Wildman–Crippen LogP) is 5.23. The lowest BCUT2D eigenvalue weighted by Crippen LogP contribution is -2.28. The Hall–Kier alpha value is -2.97. The number of aromatic nitrogens is 2. The number of fused-ring (bicyclic) bond motifs is 1. The molecule has 0 atom stereocenters. The van der Waals surface area contributed by atoms with Crippen molar-refractivity contribution in [3.05, 3.63) is 74.6 Å². The number of thiophene rings is 1. The highest BCUT2D eigenvalue weighted by molar-refractivity contribution is 9.10. The van der Waals surface area contributed by atoms with Gasteiger partial charge in [0.1, 0.15) is 17.1 Å². The minimum atomic E-state index is -0.326. The van der Waals surface area contributed by atoms with E-state index in [9.17, 15) is 9.59 Å². The first-order valence-electron chi connectivity index (χ1n) is 9.74. The largest absolute Gasteiger partial charge is 0.492 e. The van der Waals surface area contributed by atoms with Gasteiger partial charge in [-0.15, -0.1) is 11.3 Å². The van der Waals surface area contributed by atoms with Crippen LogP contribution in [-0.2, 0) is 11.3 Å². The number of benzene rings is 2. The van der Waals surface area contributed by atoms with E-state index in [2.05, 4.69) is 26.2 Å². The molecular weight excluding hydrogens is 478 g/mol. The quantitative estimate of drug-likeness (QED) is 0.395. The smallest absolute Gasteiger partial charge is 0.263 e. The number of aryl methyl sites for hydroxylation is 1. The lowest BCUT2D eigenvalue weighted by Gasteiger charge is -2.12. The predicted molar refractivity (Wildman–Crippen MR) is 128 cm³/mol. The zero-order chi connectivity index (χ0) is 22.0. The Morgan fingerprint density at radius 3 is 2.68 bits per heavy atom. The lowest BCUT2D eigenvalue weighted by molar-refractivity contribution is -0.116. The van der Waals surface area contributed by atoms with Gasteiger partial charge in [-0.25, -0.2) is 4.98 Å². The molecule has 2 heterocycles. The van der Waals surface area contributed by atoms with Crippen molar-refractivity contribution in [1.82, 2.24) is 9.55 Å². The van der Waals surface area contributed by atoms with Crippen molar-refractivity contribution in [2.24, 2.45) is 0 Å². The third-order valence-corrected chi connectivity index (χ3v) is 6.30. The molecule has 0 aliphatic carbocycles. The van der Waals surface area contributed by atoms with Gasteiger partial charge in [-0.2, -0.15) is 0 Å². The van der Waals surface area contributed by atoms with Crippen LogP contribution in [0.25, 0.3) is 21.3 Å². The van der Waals surface area contributed by atoms with E-state index in [-0.39, 0.29) is 18.0 Å². The van der Waals surface area contributed by atoms with Crippen LogP contribution in [0.5, 0.6) is 5.75 Å². The number of para-hydroxylation sites is 2. The van der Waals surface area contributed by atoms with Gasteiger partial charge in [-0.1, -0.05) is 40.2 Å². The lowest BCUT2D eigenvalue weighted by atomic mass is 10.0. The number of nitrogens with zero attached hydrogens (tertiary/aromatic N) is 2. The van der Waals surface area contributed by atoms with Crippen LogP contribution in [0.2, 0.25) is 0 Å². The van der Waals surface area contributed by atoms with Crippen LogP contribution in [0.15, 0.2) is 64.1 Å². The van der Waals surface area contributed by atoms with Crippen LogP contribution in [0.3, 0.4) is 0 Å². The van der Waals surface area contributed by atoms with E-state index in [0.717, 1.165) is 20.5 Å². The molecule has 1 amide bonds. The van der Waals surface area contributed by atoms with Gasteiger partial charge in [0.25, 0.3) is 5.56 Å². The number of ether oxygens (including phenoxy) is 1. The van der Waals surface area contributed by atoms with Crippen LogP contribution >= 0.6 is 27.3 Å². The SMILES string of the molecule is CCOc1ccccc1NC(=O)Cn1cnc2sc(C)c(-c3ccc(Br)cc3)c2c1=O. The van der Waals surface area contributed by atoms with E-state index in [1.165, 1.54) is 22.2 Å². The van der Waals surface area contributed by atoms with Crippen LogP contribution < -0.4 is 15.6 Å². The molecule has 0 spiro atoms. The van der Waals surface area contributed by atoms with Gasteiger partial charge in [-0.3, -0.25) is 14.2 Å². The number of carbonyl (C=O) groups is 1. The summed E-state index contributed by atoms with van der Waals surface area (Å²) in [6.45, 7) is 4.20. The summed E-state index contributed by atoms with van der Waals surface area (Å²) in [4.78, 5) is 32.1. The average molecular weight is 498 g/mol. The fourth-order valence-corrected chi connectivity index (χ4v) is 4.68. The summed E-state index contributed by atoms with van der Waals surface area (Å²) >= 11 is 4.92. The van der Waals surface area contributed by atoms with E-state index < -0.39 is 0 Å². The number of anilines is 1. The number of amides is 1. The van der Waals surface area contributed by atoms with Gasteiger partial charge in [0.05, 0.1) is 24.0 Å². The van der Waals surface area contributed by atoms with Gasteiger partial charge in [0, 0.05) is 14.9 Å². The molecule has 0 unspecified atom stereocenters. The molecule has 2 aromatic carbocycles. The standard InChI is InChI=1S/C23H20BrN3O3S/c1-3-30-18-7-5-4-6-17(18)26-19(28)12-27-13-25-22-21(23(27)29)20(14(2)31-22)15-8-10-16(24)11-9-15/h4-11,13H,3,12H2,1-2H3,(H,26,28). The fourth-order valence-electron chi connectivity index (χ4n) is 3.41. The summed E-state index contributed by atoms with van der Waals surface area (Å²) in [5.74, 6) is 0.262. The molecule has 0 fully saturated rings. The Balaban J connectivity index is 1.67. The fraction of sp³-hybridized carbons (Fsp3) is 0.174. The molecule has 8 heteroatoms. The highest BCUT2D eigenvalue weighted by atomic mass is 79.9. The van der Waals surface area contributed by atoms with Crippen LogP contribution in [0, 0.1) is 6.92 Å². The minimum Gasteiger partial charge on any atom is -0.492 e. The van der Waals surface area contributed by atoms with Crippen molar-refractivity contribution in [1.29, 1.82) is 0 Å². The van der Waals surface area contributed by atoms with Crippen LogP contribution in [-0.4, -0.2) is 22.1 Å². The van der Waals surface area contributed by atoms with E-state index in [4.69, 9.17) is 4.74 Å². The third-order valence-electron chi connectivity index (χ3n) is 4.76. The van der Waals surface area contributed by atoms with Gasteiger partial charge in [0.15, 0.2) is 0 Å². The molecule has 158 valence electrons. The van der Waals surface area contributed by atoms with Crippen molar-refractivity contribution in [2.75, 3.05) is 11.9 Å². The van der Waals surface area contributed by atoms with E-state index >= 15 is 0 Å². The first kappa shape index (κ1) is 21.3. The first-order chi connectivity index (χ1) is 15.0. The third kappa shape index (κ3) is 4.40. The Bertz CT molecular complexity index is 1310. The van der Waals surface area contributed by atoms with Crippen molar-refractivity contribution in [3.63, 3.8) is 0 Å². The van der Waals surface area contributed by atoms with Gasteiger partial charge in [-0.05, 0) is 43.7 Å². The van der Waals surface area contributed by atoms with E-state index in [1.54, 1.807) is 12.1 Å². The van der Waals surface area contributed by atoms with E-state index in [0.29, 0.717) is 28.3 Å². The normalized spacial score (nSPS) is 10.9. The second-order valence-electron chi connectivity index (χ2n) is 6.88. The molecule has 0 aliphatic heterocycles. The van der Waals surface area contributed by atoms with Gasteiger partial charge >= 0.3 is 0 Å². The molecule has 0 aliphatic rings. The van der Waals surface area contributed by atoms with Crippen molar-refractivity contribution in [3.8, 4) is 16.9 Å². The molecule has 0 saturated heterocycles. The first-order valence-corrected chi connectivity index (χ1v) is 11.3. The summed E-state index contributed by atoms with van der Waals surface area (Å²) in [5, 5.41) is 3.36. The maximum absolute atomic E-state index is 13.3. The monoisotopic (exact) mass is 497 g/mol.